The van der Waals surface area contributed by atoms with Crippen LogP contribution in [0.1, 0.15) is 19.4 Å². The van der Waals surface area contributed by atoms with Gasteiger partial charge in [0.15, 0.2) is 5.69 Å². The minimum atomic E-state index is 0.692. The van der Waals surface area contributed by atoms with E-state index < -0.39 is 0 Å². The molecule has 3 aromatic rings. The van der Waals surface area contributed by atoms with Crippen LogP contribution in [0.4, 0.5) is 17.1 Å². The van der Waals surface area contributed by atoms with E-state index in [-0.39, 0.29) is 0 Å². The molecule has 4 heteroatoms. The molecular weight excluding hydrogens is 310 g/mol. The van der Waals surface area contributed by atoms with E-state index in [0.717, 1.165) is 41.2 Å². The maximum Gasteiger partial charge on any atom is 0.153 e. The first-order valence-electron chi connectivity index (χ1n) is 8.81. The SMILES string of the molecule is CCN(CC)c1ccc(CNc2ccc3ccccc3c2)cc1[NH2+][O-]. The lowest BCUT2D eigenvalue weighted by molar-refractivity contribution is -0.496. The maximum atomic E-state index is 11.5. The summed E-state index contributed by atoms with van der Waals surface area (Å²) in [5, 5.41) is 17.4. The molecule has 0 spiro atoms. The Bertz CT molecular complexity index is 843. The van der Waals surface area contributed by atoms with Gasteiger partial charge in [0.25, 0.3) is 0 Å². The first kappa shape index (κ1) is 17.3. The zero-order valence-electron chi connectivity index (χ0n) is 14.8. The Morgan fingerprint density at radius 2 is 1.68 bits per heavy atom. The summed E-state index contributed by atoms with van der Waals surface area (Å²) in [6.07, 6.45) is 0. The number of quaternary nitrogens is 1. The molecular formula is C21H25N3O. The van der Waals surface area contributed by atoms with Gasteiger partial charge in [-0.25, -0.2) is 0 Å². The predicted octanol–water partition coefficient (Wildman–Crippen LogP) is 3.99. The second-order valence-electron chi connectivity index (χ2n) is 6.10. The van der Waals surface area contributed by atoms with Crippen molar-refractivity contribution in [2.75, 3.05) is 23.3 Å². The third-order valence-corrected chi connectivity index (χ3v) is 4.57. The number of nitrogens with one attached hydrogen (secondary N) is 1. The van der Waals surface area contributed by atoms with Crippen molar-refractivity contribution in [2.45, 2.75) is 20.4 Å². The highest BCUT2D eigenvalue weighted by Crippen LogP contribution is 2.24. The fourth-order valence-corrected chi connectivity index (χ4v) is 3.16. The van der Waals surface area contributed by atoms with E-state index in [0.29, 0.717) is 6.54 Å². The van der Waals surface area contributed by atoms with Gasteiger partial charge < -0.3 is 20.9 Å². The van der Waals surface area contributed by atoms with E-state index in [2.05, 4.69) is 66.5 Å². The Morgan fingerprint density at radius 3 is 2.40 bits per heavy atom. The Balaban J connectivity index is 1.75. The van der Waals surface area contributed by atoms with Gasteiger partial charge in [-0.05, 0) is 48.4 Å². The molecule has 3 rings (SSSR count). The number of benzene rings is 3. The highest BCUT2D eigenvalue weighted by atomic mass is 16.5. The second kappa shape index (κ2) is 8.01. The zero-order valence-corrected chi connectivity index (χ0v) is 14.8. The normalized spacial score (nSPS) is 10.8. The van der Waals surface area contributed by atoms with Crippen LogP contribution >= 0.6 is 0 Å². The molecule has 4 nitrogen and oxygen atoms in total. The maximum absolute atomic E-state index is 11.5. The zero-order chi connectivity index (χ0) is 17.6. The van der Waals surface area contributed by atoms with Gasteiger partial charge in [-0.1, -0.05) is 36.4 Å². The van der Waals surface area contributed by atoms with Crippen LogP contribution in [0.15, 0.2) is 60.7 Å². The van der Waals surface area contributed by atoms with Crippen molar-refractivity contribution in [3.05, 3.63) is 71.4 Å². The molecule has 0 saturated carbocycles. The summed E-state index contributed by atoms with van der Waals surface area (Å²) in [5.41, 5.74) is 4.90. The van der Waals surface area contributed by atoms with E-state index in [1.54, 1.807) is 0 Å². The van der Waals surface area contributed by atoms with E-state index in [9.17, 15) is 5.21 Å². The fourth-order valence-electron chi connectivity index (χ4n) is 3.16. The smallest absolute Gasteiger partial charge is 0.153 e. The first-order valence-corrected chi connectivity index (χ1v) is 8.81. The summed E-state index contributed by atoms with van der Waals surface area (Å²) in [6.45, 7) is 6.69. The van der Waals surface area contributed by atoms with Crippen LogP contribution in [0.5, 0.6) is 0 Å². The fraction of sp³-hybridized carbons (Fsp3) is 0.238. The van der Waals surface area contributed by atoms with E-state index in [1.165, 1.54) is 10.8 Å². The number of nitrogens with two attached hydrogens (primary N) is 1. The Hall–Kier alpha value is -2.56. The van der Waals surface area contributed by atoms with E-state index in [1.807, 2.05) is 18.2 Å². The summed E-state index contributed by atoms with van der Waals surface area (Å²) < 4.78 is 0. The summed E-state index contributed by atoms with van der Waals surface area (Å²) in [5.74, 6) is 0. The highest BCUT2D eigenvalue weighted by molar-refractivity contribution is 5.85. The lowest BCUT2D eigenvalue weighted by Gasteiger charge is -2.23. The molecule has 3 N–H and O–H groups in total. The van der Waals surface area contributed by atoms with Crippen molar-refractivity contribution >= 4 is 27.8 Å². The van der Waals surface area contributed by atoms with Crippen LogP contribution in [0.25, 0.3) is 10.8 Å². The Labute approximate surface area is 149 Å². The van der Waals surface area contributed by atoms with Crippen LogP contribution in [-0.4, -0.2) is 13.1 Å². The van der Waals surface area contributed by atoms with E-state index in [4.69, 9.17) is 0 Å². The van der Waals surface area contributed by atoms with Crippen LogP contribution in [0, 0.1) is 5.21 Å². The lowest BCUT2D eigenvalue weighted by Crippen LogP contribution is -2.70. The van der Waals surface area contributed by atoms with Crippen LogP contribution in [0.3, 0.4) is 0 Å². The van der Waals surface area contributed by atoms with Gasteiger partial charge >= 0.3 is 0 Å². The highest BCUT2D eigenvalue weighted by Gasteiger charge is 2.10. The molecule has 0 atom stereocenters. The summed E-state index contributed by atoms with van der Waals surface area (Å²) >= 11 is 0. The van der Waals surface area contributed by atoms with Gasteiger partial charge in [-0.2, -0.15) is 0 Å². The van der Waals surface area contributed by atoms with Crippen LogP contribution in [0.2, 0.25) is 0 Å². The standard InChI is InChI=1S/C21H25N3O/c1-3-24(4-2)21-12-9-16(13-20(21)23-25)15-22-19-11-10-17-7-5-6-8-18(17)14-19/h5-14,22H,3-4,15,23H2,1-2H3. The van der Waals surface area contributed by atoms with Crippen molar-refractivity contribution in [2.24, 2.45) is 0 Å². The molecule has 0 aliphatic heterocycles. The van der Waals surface area contributed by atoms with Crippen molar-refractivity contribution in [3.63, 3.8) is 0 Å². The van der Waals surface area contributed by atoms with Crippen molar-refractivity contribution in [1.29, 1.82) is 0 Å². The number of hydrogen-bond acceptors (Lipinski definition) is 3. The minimum absolute atomic E-state index is 0.692. The molecule has 0 heterocycles. The van der Waals surface area contributed by atoms with Gasteiger partial charge in [0.1, 0.15) is 0 Å². The van der Waals surface area contributed by atoms with Crippen molar-refractivity contribution < 1.29 is 5.48 Å². The van der Waals surface area contributed by atoms with E-state index >= 15 is 0 Å². The number of nitrogens with zero attached hydrogens (tertiary/aromatic N) is 1. The molecule has 3 aromatic carbocycles. The number of fused-ring (bicyclic) bond motifs is 1. The first-order chi connectivity index (χ1) is 12.2. The average molecular weight is 335 g/mol. The molecule has 0 aliphatic rings. The largest absolute Gasteiger partial charge is 0.630 e. The molecule has 130 valence electrons. The predicted molar refractivity (Wildman–Crippen MR) is 106 cm³/mol. The molecule has 0 aliphatic carbocycles. The van der Waals surface area contributed by atoms with Gasteiger partial charge in [-0.15, -0.1) is 0 Å². The molecule has 0 radical (unpaired) electrons. The minimum Gasteiger partial charge on any atom is -0.630 e. The molecule has 0 saturated heterocycles. The topological polar surface area (TPSA) is 54.9 Å². The molecule has 25 heavy (non-hydrogen) atoms. The number of hydrogen-bond donors (Lipinski definition) is 2. The third-order valence-electron chi connectivity index (χ3n) is 4.57. The average Bonchev–Trinajstić information content (AvgIpc) is 2.67. The Morgan fingerprint density at radius 1 is 0.920 bits per heavy atom. The Kier molecular flexibility index (Phi) is 5.53. The quantitative estimate of drug-likeness (QED) is 0.507. The van der Waals surface area contributed by atoms with Gasteiger partial charge in [-0.3, -0.25) is 0 Å². The third kappa shape index (κ3) is 3.92. The van der Waals surface area contributed by atoms with Crippen molar-refractivity contribution in [3.8, 4) is 0 Å². The van der Waals surface area contributed by atoms with Gasteiger partial charge in [0.05, 0.1) is 5.69 Å². The summed E-state index contributed by atoms with van der Waals surface area (Å²) in [7, 11) is 0. The molecule has 0 fully saturated rings. The summed E-state index contributed by atoms with van der Waals surface area (Å²) in [4.78, 5) is 2.20. The molecule has 0 bridgehead atoms. The molecule has 0 amide bonds. The second-order valence-corrected chi connectivity index (χ2v) is 6.10. The summed E-state index contributed by atoms with van der Waals surface area (Å²) in [6, 6.07) is 20.8. The monoisotopic (exact) mass is 335 g/mol. The van der Waals surface area contributed by atoms with Crippen LogP contribution in [-0.2, 0) is 6.54 Å². The number of rotatable bonds is 7. The molecule has 0 unspecified atom stereocenters. The van der Waals surface area contributed by atoms with Gasteiger partial charge in [0.2, 0.25) is 0 Å². The van der Waals surface area contributed by atoms with Crippen molar-refractivity contribution in [1.82, 2.24) is 0 Å². The lowest BCUT2D eigenvalue weighted by atomic mass is 10.1. The van der Waals surface area contributed by atoms with Crippen LogP contribution < -0.4 is 15.7 Å². The molecule has 0 aromatic heterocycles. The number of anilines is 2. The van der Waals surface area contributed by atoms with Gasteiger partial charge in [0, 0.05) is 31.4 Å².